The molecule has 0 amide bonds. The largest absolute Gasteiger partial charge is 0.508 e. The van der Waals surface area contributed by atoms with Gasteiger partial charge in [-0.05, 0) is 60.1 Å². The van der Waals surface area contributed by atoms with Crippen molar-refractivity contribution in [3.05, 3.63) is 70.5 Å². The summed E-state index contributed by atoms with van der Waals surface area (Å²) in [6.07, 6.45) is 5.34. The first-order valence-electron chi connectivity index (χ1n) is 12.4. The van der Waals surface area contributed by atoms with Crippen LogP contribution in [0.15, 0.2) is 42.7 Å². The van der Waals surface area contributed by atoms with Crippen LogP contribution in [0, 0.1) is 5.92 Å². The zero-order chi connectivity index (χ0) is 25.4. The molecule has 1 saturated carbocycles. The Morgan fingerprint density at radius 2 is 1.78 bits per heavy atom. The molecule has 2 aromatic carbocycles. The minimum atomic E-state index is -0.608. The molecule has 0 bridgehead atoms. The number of ether oxygens (including phenoxy) is 2. The monoisotopic (exact) mass is 495 g/mol. The molecule has 8 nitrogen and oxygen atoms in total. The van der Waals surface area contributed by atoms with Crippen LogP contribution < -0.4 is 4.74 Å². The highest BCUT2D eigenvalue weighted by molar-refractivity contribution is 5.64. The number of rotatable bonds is 6. The number of fused-ring (bicyclic) bond motifs is 1. The molecular formula is C28H33NO7. The quantitative estimate of drug-likeness (QED) is 0.285. The predicted molar refractivity (Wildman–Crippen MR) is 132 cm³/mol. The van der Waals surface area contributed by atoms with Crippen LogP contribution in [0.2, 0.25) is 0 Å². The molecule has 2 aliphatic rings. The first-order chi connectivity index (χ1) is 17.4. The smallest absolute Gasteiger partial charge is 0.201 e. The Balaban J connectivity index is 1.52. The lowest BCUT2D eigenvalue weighted by Crippen LogP contribution is -2.44. The van der Waals surface area contributed by atoms with Crippen molar-refractivity contribution < 1.29 is 35.0 Å². The van der Waals surface area contributed by atoms with E-state index in [-0.39, 0.29) is 35.0 Å². The summed E-state index contributed by atoms with van der Waals surface area (Å²) in [6.45, 7) is -0.501. The predicted octanol–water partition coefficient (Wildman–Crippen LogP) is 4.00. The van der Waals surface area contributed by atoms with Crippen molar-refractivity contribution in [2.75, 3.05) is 7.11 Å². The molecule has 8 heteroatoms. The Bertz CT molecular complexity index is 1190. The van der Waals surface area contributed by atoms with Gasteiger partial charge in [0.05, 0.1) is 32.0 Å². The molecule has 2 fully saturated rings. The van der Waals surface area contributed by atoms with E-state index < -0.39 is 30.3 Å². The average Bonchev–Trinajstić information content (AvgIpc) is 3.39. The Labute approximate surface area is 209 Å². The second kappa shape index (κ2) is 10.0. The fourth-order valence-corrected chi connectivity index (χ4v) is 6.09. The van der Waals surface area contributed by atoms with E-state index in [0.29, 0.717) is 30.4 Å². The standard InChI is InChI=1S/C28H33NO7/c1-35-28-20(10-15-8-9-29-13-15)25(21(14-30)26(33)27(28)34)24-12-22(32)19-7-4-17(11-23(19)36-24)16-2-5-18(31)6-3-16/h2-3,5-6,8-9,13,17,19,22-24,29-34H,4,7,10-12,14H2,1H3/t17-,19-,22+,23+,24+/m1/s1. The van der Waals surface area contributed by atoms with Gasteiger partial charge in [-0.2, -0.15) is 0 Å². The van der Waals surface area contributed by atoms with Crippen molar-refractivity contribution in [3.8, 4) is 23.0 Å². The number of aromatic amines is 1. The number of aliphatic hydroxyl groups excluding tert-OH is 2. The molecular weight excluding hydrogens is 462 g/mol. The van der Waals surface area contributed by atoms with Crippen molar-refractivity contribution in [2.45, 2.75) is 62.9 Å². The highest BCUT2D eigenvalue weighted by Gasteiger charge is 2.44. The number of aliphatic hydroxyl groups is 2. The van der Waals surface area contributed by atoms with Crippen LogP contribution in [0.4, 0.5) is 0 Å². The van der Waals surface area contributed by atoms with Gasteiger partial charge in [0.1, 0.15) is 5.75 Å². The van der Waals surface area contributed by atoms with E-state index in [0.717, 1.165) is 24.0 Å². The van der Waals surface area contributed by atoms with Crippen LogP contribution in [0.1, 0.15) is 65.5 Å². The minimum Gasteiger partial charge on any atom is -0.508 e. The Morgan fingerprint density at radius 3 is 2.44 bits per heavy atom. The van der Waals surface area contributed by atoms with Crippen LogP contribution in [0.25, 0.3) is 0 Å². The first kappa shape index (κ1) is 24.5. The van der Waals surface area contributed by atoms with E-state index in [1.54, 1.807) is 18.3 Å². The number of hydrogen-bond donors (Lipinski definition) is 6. The van der Waals surface area contributed by atoms with Crippen LogP contribution in [-0.2, 0) is 17.8 Å². The third-order valence-electron chi connectivity index (χ3n) is 7.87. The van der Waals surface area contributed by atoms with Crippen molar-refractivity contribution in [1.29, 1.82) is 0 Å². The molecule has 5 rings (SSSR count). The Kier molecular flexibility index (Phi) is 6.83. The van der Waals surface area contributed by atoms with Gasteiger partial charge in [0.2, 0.25) is 5.75 Å². The van der Waals surface area contributed by atoms with Crippen LogP contribution >= 0.6 is 0 Å². The number of aromatic hydroxyl groups is 3. The van der Waals surface area contributed by atoms with Gasteiger partial charge < -0.3 is 40.0 Å². The maximum absolute atomic E-state index is 11.2. The topological polar surface area (TPSA) is 135 Å². The van der Waals surface area contributed by atoms with Gasteiger partial charge in [-0.1, -0.05) is 12.1 Å². The average molecular weight is 496 g/mol. The van der Waals surface area contributed by atoms with Crippen LogP contribution in [-0.4, -0.2) is 49.8 Å². The zero-order valence-electron chi connectivity index (χ0n) is 20.2. The number of benzene rings is 2. The molecule has 6 N–H and O–H groups in total. The second-order valence-corrected chi connectivity index (χ2v) is 9.89. The molecule has 0 radical (unpaired) electrons. The molecule has 192 valence electrons. The molecule has 2 heterocycles. The first-order valence-corrected chi connectivity index (χ1v) is 12.4. The highest BCUT2D eigenvalue weighted by Crippen LogP contribution is 2.52. The van der Waals surface area contributed by atoms with E-state index in [9.17, 15) is 25.5 Å². The van der Waals surface area contributed by atoms with E-state index in [1.807, 2.05) is 24.4 Å². The van der Waals surface area contributed by atoms with Gasteiger partial charge in [0, 0.05) is 42.3 Å². The summed E-state index contributed by atoms with van der Waals surface area (Å²) in [4.78, 5) is 3.02. The summed E-state index contributed by atoms with van der Waals surface area (Å²) < 4.78 is 12.2. The summed E-state index contributed by atoms with van der Waals surface area (Å²) in [5, 5.41) is 52.5. The van der Waals surface area contributed by atoms with Crippen LogP contribution in [0.5, 0.6) is 23.0 Å². The summed E-state index contributed by atoms with van der Waals surface area (Å²) in [7, 11) is 1.42. The van der Waals surface area contributed by atoms with Gasteiger partial charge in [-0.15, -0.1) is 0 Å². The maximum Gasteiger partial charge on any atom is 0.201 e. The lowest BCUT2D eigenvalue weighted by atomic mass is 9.71. The third-order valence-corrected chi connectivity index (χ3v) is 7.87. The molecule has 36 heavy (non-hydrogen) atoms. The van der Waals surface area contributed by atoms with Crippen molar-refractivity contribution in [1.82, 2.24) is 4.98 Å². The van der Waals surface area contributed by atoms with E-state index in [2.05, 4.69) is 4.98 Å². The van der Waals surface area contributed by atoms with Gasteiger partial charge in [-0.25, -0.2) is 0 Å². The van der Waals surface area contributed by atoms with Gasteiger partial charge >= 0.3 is 0 Å². The summed E-state index contributed by atoms with van der Waals surface area (Å²) in [5.41, 5.74) is 3.40. The Morgan fingerprint density at radius 1 is 1.00 bits per heavy atom. The van der Waals surface area contributed by atoms with Crippen molar-refractivity contribution >= 4 is 0 Å². The summed E-state index contributed by atoms with van der Waals surface area (Å²) in [5.74, 6) is -0.274. The van der Waals surface area contributed by atoms with Crippen LogP contribution in [0.3, 0.4) is 0 Å². The number of H-pyrrole nitrogens is 1. The fraction of sp³-hybridized carbons (Fsp3) is 0.429. The van der Waals surface area contributed by atoms with Gasteiger partial charge in [0.25, 0.3) is 0 Å². The molecule has 1 saturated heterocycles. The number of methoxy groups -OCH3 is 1. The molecule has 0 spiro atoms. The fourth-order valence-electron chi connectivity index (χ4n) is 6.09. The van der Waals surface area contributed by atoms with E-state index in [4.69, 9.17) is 9.47 Å². The lowest BCUT2D eigenvalue weighted by Gasteiger charge is -2.45. The normalized spacial score (nSPS) is 25.9. The second-order valence-electron chi connectivity index (χ2n) is 9.89. The molecule has 5 atom stereocenters. The molecule has 1 aliphatic carbocycles. The number of nitrogens with one attached hydrogen (secondary N) is 1. The van der Waals surface area contributed by atoms with Gasteiger partial charge in [0.15, 0.2) is 11.5 Å². The zero-order valence-corrected chi connectivity index (χ0v) is 20.2. The summed E-state index contributed by atoms with van der Waals surface area (Å²) in [6, 6.07) is 9.14. The SMILES string of the molecule is COc1c(O)c(O)c(CO)c([C@@H]2C[C@H](O)[C@H]3CC[C@@H](c4ccc(O)cc4)C[C@@H]3O2)c1Cc1cc[nH]c1. The number of hydrogen-bond acceptors (Lipinski definition) is 7. The summed E-state index contributed by atoms with van der Waals surface area (Å²) >= 11 is 0. The number of aromatic nitrogens is 1. The van der Waals surface area contributed by atoms with E-state index in [1.165, 1.54) is 7.11 Å². The highest BCUT2D eigenvalue weighted by atomic mass is 16.5. The van der Waals surface area contributed by atoms with Crippen molar-refractivity contribution in [3.63, 3.8) is 0 Å². The number of phenols is 3. The van der Waals surface area contributed by atoms with Gasteiger partial charge in [-0.3, -0.25) is 0 Å². The van der Waals surface area contributed by atoms with E-state index >= 15 is 0 Å². The molecule has 1 aliphatic heterocycles. The van der Waals surface area contributed by atoms with Crippen molar-refractivity contribution in [2.24, 2.45) is 5.92 Å². The number of phenolic OH excluding ortho intramolecular Hbond substituents is 2. The molecule has 1 aromatic heterocycles. The third kappa shape index (κ3) is 4.40. The lowest BCUT2D eigenvalue weighted by molar-refractivity contribution is -0.154. The molecule has 0 unspecified atom stereocenters. The Hall–Kier alpha value is -3.20. The maximum atomic E-state index is 11.2. The molecule has 3 aromatic rings. The minimum absolute atomic E-state index is 0.00655.